The van der Waals surface area contributed by atoms with Crippen molar-refractivity contribution in [3.8, 4) is 0 Å². The lowest BCUT2D eigenvalue weighted by molar-refractivity contribution is 0.500. The topological polar surface area (TPSA) is 24.9 Å². The van der Waals surface area contributed by atoms with E-state index < -0.39 is 0 Å². The van der Waals surface area contributed by atoms with Gasteiger partial charge in [-0.2, -0.15) is 0 Å². The maximum atomic E-state index is 12.9. The van der Waals surface area contributed by atoms with Crippen LogP contribution in [0.25, 0.3) is 0 Å². The second-order valence-corrected chi connectivity index (χ2v) is 5.01. The average molecular weight is 272 g/mol. The van der Waals surface area contributed by atoms with Gasteiger partial charge in [0.2, 0.25) is 0 Å². The fraction of sp³-hybridized carbons (Fsp3) is 0.353. The highest BCUT2D eigenvalue weighted by Crippen LogP contribution is 2.09. The number of halogens is 1. The number of hydrogen-bond acceptors (Lipinski definition) is 2. The summed E-state index contributed by atoms with van der Waals surface area (Å²) in [6, 6.07) is 13.1. The minimum absolute atomic E-state index is 0.184. The first-order valence-electron chi connectivity index (χ1n) is 7.15. The zero-order valence-electron chi connectivity index (χ0n) is 11.8. The van der Waals surface area contributed by atoms with E-state index in [0.717, 1.165) is 37.1 Å². The van der Waals surface area contributed by atoms with Crippen molar-refractivity contribution in [2.75, 3.05) is 6.54 Å². The molecule has 0 saturated carbocycles. The molecule has 0 fully saturated rings. The molecular weight excluding hydrogens is 251 g/mol. The fourth-order valence-electron chi connectivity index (χ4n) is 2.24. The summed E-state index contributed by atoms with van der Waals surface area (Å²) in [6.45, 7) is 3.14. The molecule has 0 amide bonds. The molecule has 0 spiro atoms. The molecule has 3 heteroatoms. The summed E-state index contributed by atoms with van der Waals surface area (Å²) >= 11 is 0. The molecule has 1 aromatic heterocycles. The third-order valence-corrected chi connectivity index (χ3v) is 3.26. The molecule has 1 heterocycles. The largest absolute Gasteiger partial charge is 0.313 e. The molecule has 106 valence electrons. The van der Waals surface area contributed by atoms with Gasteiger partial charge in [-0.15, -0.1) is 0 Å². The highest BCUT2D eigenvalue weighted by atomic mass is 19.1. The van der Waals surface area contributed by atoms with Gasteiger partial charge in [-0.05, 0) is 49.2 Å². The van der Waals surface area contributed by atoms with Gasteiger partial charge in [0.05, 0.1) is 0 Å². The number of nitrogens with one attached hydrogen (secondary N) is 1. The summed E-state index contributed by atoms with van der Waals surface area (Å²) in [6.07, 6.45) is 4.70. The van der Waals surface area contributed by atoms with Crippen molar-refractivity contribution in [2.45, 2.75) is 32.2 Å². The summed E-state index contributed by atoms with van der Waals surface area (Å²) in [4.78, 5) is 4.38. The molecule has 0 bridgehead atoms. The lowest BCUT2D eigenvalue weighted by Crippen LogP contribution is -2.34. The Morgan fingerprint density at radius 1 is 1.10 bits per heavy atom. The van der Waals surface area contributed by atoms with Crippen LogP contribution in [-0.2, 0) is 12.8 Å². The van der Waals surface area contributed by atoms with Crippen molar-refractivity contribution in [1.29, 1.82) is 0 Å². The number of benzene rings is 1. The second-order valence-electron chi connectivity index (χ2n) is 5.01. The summed E-state index contributed by atoms with van der Waals surface area (Å²) in [7, 11) is 0. The van der Waals surface area contributed by atoms with Gasteiger partial charge >= 0.3 is 0 Å². The molecule has 0 radical (unpaired) electrons. The molecule has 1 N–H and O–H groups in total. The van der Waals surface area contributed by atoms with Crippen molar-refractivity contribution < 1.29 is 4.39 Å². The van der Waals surface area contributed by atoms with E-state index in [-0.39, 0.29) is 5.82 Å². The van der Waals surface area contributed by atoms with Gasteiger partial charge in [-0.1, -0.05) is 25.1 Å². The Morgan fingerprint density at radius 2 is 1.90 bits per heavy atom. The average Bonchev–Trinajstić information content (AvgIpc) is 2.48. The number of aromatic nitrogens is 1. The first-order chi connectivity index (χ1) is 9.78. The van der Waals surface area contributed by atoms with Crippen LogP contribution >= 0.6 is 0 Å². The van der Waals surface area contributed by atoms with Crippen LogP contribution in [0.1, 0.15) is 24.6 Å². The van der Waals surface area contributed by atoms with Crippen LogP contribution in [0.3, 0.4) is 0 Å². The third-order valence-electron chi connectivity index (χ3n) is 3.26. The minimum Gasteiger partial charge on any atom is -0.313 e. The standard InChI is InChI=1S/C17H21FN2/c1-2-10-19-17(13-16-5-3-4-11-20-16)12-14-6-8-15(18)9-7-14/h3-9,11,17,19H,2,10,12-13H2,1H3. The maximum absolute atomic E-state index is 12.9. The van der Waals surface area contributed by atoms with Crippen LogP contribution in [-0.4, -0.2) is 17.6 Å². The predicted molar refractivity (Wildman–Crippen MR) is 80.1 cm³/mol. The minimum atomic E-state index is -0.184. The lowest BCUT2D eigenvalue weighted by Gasteiger charge is -2.18. The maximum Gasteiger partial charge on any atom is 0.123 e. The SMILES string of the molecule is CCCNC(Cc1ccc(F)cc1)Cc1ccccn1. The van der Waals surface area contributed by atoms with E-state index in [2.05, 4.69) is 17.2 Å². The molecule has 1 atom stereocenters. The summed E-state index contributed by atoms with van der Waals surface area (Å²) in [5.41, 5.74) is 2.24. The highest BCUT2D eigenvalue weighted by Gasteiger charge is 2.10. The zero-order chi connectivity index (χ0) is 14.2. The Kier molecular flexibility index (Phi) is 5.69. The van der Waals surface area contributed by atoms with Gasteiger partial charge in [0.25, 0.3) is 0 Å². The van der Waals surface area contributed by atoms with E-state index in [0.29, 0.717) is 6.04 Å². The van der Waals surface area contributed by atoms with Crippen molar-refractivity contribution >= 4 is 0 Å². The quantitative estimate of drug-likeness (QED) is 0.836. The van der Waals surface area contributed by atoms with E-state index in [1.807, 2.05) is 36.5 Å². The Bertz CT molecular complexity index is 496. The third kappa shape index (κ3) is 4.74. The first-order valence-corrected chi connectivity index (χ1v) is 7.15. The molecule has 2 aromatic rings. The second kappa shape index (κ2) is 7.75. The number of rotatable bonds is 7. The van der Waals surface area contributed by atoms with Crippen molar-refractivity contribution in [2.24, 2.45) is 0 Å². The van der Waals surface area contributed by atoms with Gasteiger partial charge in [-0.25, -0.2) is 4.39 Å². The first kappa shape index (κ1) is 14.7. The molecule has 2 nitrogen and oxygen atoms in total. The number of nitrogens with zero attached hydrogens (tertiary/aromatic N) is 1. The van der Waals surface area contributed by atoms with Gasteiger partial charge in [0, 0.05) is 24.4 Å². The molecular formula is C17H21FN2. The summed E-state index contributed by atoms with van der Waals surface area (Å²) in [5, 5.41) is 3.55. The van der Waals surface area contributed by atoms with E-state index in [1.54, 1.807) is 0 Å². The van der Waals surface area contributed by atoms with Gasteiger partial charge in [0.1, 0.15) is 5.82 Å². The molecule has 0 aliphatic rings. The fourth-order valence-corrected chi connectivity index (χ4v) is 2.24. The Labute approximate surface area is 120 Å². The molecule has 1 unspecified atom stereocenters. The van der Waals surface area contributed by atoms with Crippen LogP contribution < -0.4 is 5.32 Å². The number of pyridine rings is 1. The Balaban J connectivity index is 2.01. The molecule has 1 aromatic carbocycles. The molecule has 0 saturated heterocycles. The Hall–Kier alpha value is -1.74. The van der Waals surface area contributed by atoms with Crippen molar-refractivity contribution in [3.63, 3.8) is 0 Å². The molecule has 0 aliphatic carbocycles. The van der Waals surface area contributed by atoms with Crippen LogP contribution in [0.2, 0.25) is 0 Å². The predicted octanol–water partition coefficient (Wildman–Crippen LogP) is 3.37. The molecule has 20 heavy (non-hydrogen) atoms. The van der Waals surface area contributed by atoms with E-state index in [1.165, 1.54) is 12.1 Å². The van der Waals surface area contributed by atoms with Gasteiger partial charge in [-0.3, -0.25) is 4.98 Å². The summed E-state index contributed by atoms with van der Waals surface area (Å²) < 4.78 is 12.9. The van der Waals surface area contributed by atoms with Crippen LogP contribution in [0.15, 0.2) is 48.7 Å². The van der Waals surface area contributed by atoms with Crippen LogP contribution in [0.4, 0.5) is 4.39 Å². The smallest absolute Gasteiger partial charge is 0.123 e. The summed E-state index contributed by atoms with van der Waals surface area (Å²) in [5.74, 6) is -0.184. The highest BCUT2D eigenvalue weighted by molar-refractivity contribution is 5.18. The van der Waals surface area contributed by atoms with Gasteiger partial charge < -0.3 is 5.32 Å². The zero-order valence-corrected chi connectivity index (χ0v) is 11.8. The normalized spacial score (nSPS) is 12.3. The van der Waals surface area contributed by atoms with Crippen molar-refractivity contribution in [3.05, 3.63) is 65.7 Å². The Morgan fingerprint density at radius 3 is 2.55 bits per heavy atom. The molecule has 0 aliphatic heterocycles. The number of hydrogen-bond donors (Lipinski definition) is 1. The van der Waals surface area contributed by atoms with E-state index in [4.69, 9.17) is 0 Å². The monoisotopic (exact) mass is 272 g/mol. The molecule has 2 rings (SSSR count). The van der Waals surface area contributed by atoms with Crippen LogP contribution in [0.5, 0.6) is 0 Å². The van der Waals surface area contributed by atoms with E-state index >= 15 is 0 Å². The van der Waals surface area contributed by atoms with E-state index in [9.17, 15) is 4.39 Å². The van der Waals surface area contributed by atoms with Crippen LogP contribution in [0, 0.1) is 5.82 Å². The van der Waals surface area contributed by atoms with Gasteiger partial charge in [0.15, 0.2) is 0 Å². The lowest BCUT2D eigenvalue weighted by atomic mass is 10.0. The van der Waals surface area contributed by atoms with Crippen molar-refractivity contribution in [1.82, 2.24) is 10.3 Å².